The number of aromatic nitrogens is 1. The SMILES string of the molecule is CCc1cc(CNC(=NC)NCCCOC2CCOC2)on1. The average Bonchev–Trinajstić information content (AvgIpc) is 3.21. The van der Waals surface area contributed by atoms with Gasteiger partial charge in [-0.25, -0.2) is 0 Å². The summed E-state index contributed by atoms with van der Waals surface area (Å²) in [4.78, 5) is 4.18. The second kappa shape index (κ2) is 9.42. The Balaban J connectivity index is 1.56. The van der Waals surface area contributed by atoms with E-state index in [0.29, 0.717) is 6.54 Å². The van der Waals surface area contributed by atoms with E-state index in [1.165, 1.54) is 0 Å². The fourth-order valence-electron chi connectivity index (χ4n) is 2.17. The summed E-state index contributed by atoms with van der Waals surface area (Å²) in [6, 6.07) is 1.96. The molecule has 1 aromatic heterocycles. The van der Waals surface area contributed by atoms with Gasteiger partial charge in [0.2, 0.25) is 0 Å². The highest BCUT2D eigenvalue weighted by molar-refractivity contribution is 5.79. The lowest BCUT2D eigenvalue weighted by Crippen LogP contribution is -2.37. The number of nitrogens with zero attached hydrogens (tertiary/aromatic N) is 2. The van der Waals surface area contributed by atoms with Crippen LogP contribution in [0.3, 0.4) is 0 Å². The lowest BCUT2D eigenvalue weighted by Gasteiger charge is -2.12. The van der Waals surface area contributed by atoms with Gasteiger partial charge in [-0.15, -0.1) is 0 Å². The minimum atomic E-state index is 0.275. The molecule has 2 N–H and O–H groups in total. The highest BCUT2D eigenvalue weighted by atomic mass is 16.5. The quantitative estimate of drug-likeness (QED) is 0.425. The van der Waals surface area contributed by atoms with Crippen molar-refractivity contribution in [3.63, 3.8) is 0 Å². The monoisotopic (exact) mass is 310 g/mol. The Morgan fingerprint density at radius 2 is 2.41 bits per heavy atom. The fraction of sp³-hybridized carbons (Fsp3) is 0.733. The third kappa shape index (κ3) is 5.65. The molecule has 0 amide bonds. The molecular weight excluding hydrogens is 284 g/mol. The number of aliphatic imine (C=N–C) groups is 1. The van der Waals surface area contributed by atoms with Gasteiger partial charge in [0.25, 0.3) is 0 Å². The predicted octanol–water partition coefficient (Wildman–Crippen LogP) is 1.10. The zero-order valence-electron chi connectivity index (χ0n) is 13.4. The van der Waals surface area contributed by atoms with Crippen LogP contribution in [0.15, 0.2) is 15.6 Å². The first-order valence-corrected chi connectivity index (χ1v) is 7.90. The molecule has 0 saturated carbocycles. The maximum atomic E-state index is 5.71. The molecule has 7 heteroatoms. The Morgan fingerprint density at radius 3 is 3.09 bits per heavy atom. The molecule has 0 spiro atoms. The van der Waals surface area contributed by atoms with E-state index in [-0.39, 0.29) is 6.10 Å². The van der Waals surface area contributed by atoms with Gasteiger partial charge in [-0.3, -0.25) is 4.99 Å². The van der Waals surface area contributed by atoms with E-state index in [1.54, 1.807) is 7.05 Å². The van der Waals surface area contributed by atoms with Crippen LogP contribution in [0.25, 0.3) is 0 Å². The van der Waals surface area contributed by atoms with Crippen LogP contribution in [0, 0.1) is 0 Å². The molecule has 0 bridgehead atoms. The van der Waals surface area contributed by atoms with Crippen LogP contribution >= 0.6 is 0 Å². The van der Waals surface area contributed by atoms with E-state index in [2.05, 4.69) is 27.7 Å². The fourth-order valence-corrected chi connectivity index (χ4v) is 2.17. The summed E-state index contributed by atoms with van der Waals surface area (Å²) >= 11 is 0. The number of ether oxygens (including phenoxy) is 2. The van der Waals surface area contributed by atoms with Crippen molar-refractivity contribution in [1.82, 2.24) is 15.8 Å². The summed E-state index contributed by atoms with van der Waals surface area (Å²) in [6.07, 6.45) is 3.09. The average molecular weight is 310 g/mol. The second-order valence-corrected chi connectivity index (χ2v) is 5.20. The zero-order valence-corrected chi connectivity index (χ0v) is 13.4. The van der Waals surface area contributed by atoms with Gasteiger partial charge >= 0.3 is 0 Å². The third-order valence-corrected chi connectivity index (χ3v) is 3.48. The molecular formula is C15H26N4O3. The summed E-state index contributed by atoms with van der Waals surface area (Å²) in [6.45, 7) is 5.72. The van der Waals surface area contributed by atoms with Gasteiger partial charge < -0.3 is 24.6 Å². The van der Waals surface area contributed by atoms with E-state index in [4.69, 9.17) is 14.0 Å². The first-order valence-electron chi connectivity index (χ1n) is 7.90. The van der Waals surface area contributed by atoms with Crippen LogP contribution in [-0.2, 0) is 22.4 Å². The van der Waals surface area contributed by atoms with Gasteiger partial charge in [-0.2, -0.15) is 0 Å². The first-order chi connectivity index (χ1) is 10.8. The standard InChI is InChI=1S/C15H26N4O3/c1-3-12-9-14(22-19-12)10-18-15(16-2)17-6-4-7-21-13-5-8-20-11-13/h9,13H,3-8,10-11H2,1-2H3,(H2,16,17,18). The Bertz CT molecular complexity index is 455. The lowest BCUT2D eigenvalue weighted by atomic mass is 10.3. The Morgan fingerprint density at radius 1 is 1.50 bits per heavy atom. The molecule has 1 fully saturated rings. The highest BCUT2D eigenvalue weighted by Crippen LogP contribution is 2.07. The van der Waals surface area contributed by atoms with Gasteiger partial charge in [0.05, 0.1) is 24.9 Å². The smallest absolute Gasteiger partial charge is 0.191 e. The predicted molar refractivity (Wildman–Crippen MR) is 83.9 cm³/mol. The van der Waals surface area contributed by atoms with E-state index in [0.717, 1.165) is 63.0 Å². The molecule has 1 unspecified atom stereocenters. The van der Waals surface area contributed by atoms with Gasteiger partial charge in [-0.05, 0) is 19.3 Å². The molecule has 2 heterocycles. The highest BCUT2D eigenvalue weighted by Gasteiger charge is 2.15. The van der Waals surface area contributed by atoms with Gasteiger partial charge in [0.1, 0.15) is 0 Å². The lowest BCUT2D eigenvalue weighted by molar-refractivity contribution is 0.0420. The van der Waals surface area contributed by atoms with Crippen molar-refractivity contribution in [2.24, 2.45) is 4.99 Å². The van der Waals surface area contributed by atoms with E-state index >= 15 is 0 Å². The normalized spacial score (nSPS) is 18.6. The number of hydrogen-bond donors (Lipinski definition) is 2. The van der Waals surface area contributed by atoms with Crippen molar-refractivity contribution in [1.29, 1.82) is 0 Å². The number of hydrogen-bond acceptors (Lipinski definition) is 5. The Kier molecular flexibility index (Phi) is 7.18. The maximum Gasteiger partial charge on any atom is 0.191 e. The summed E-state index contributed by atoms with van der Waals surface area (Å²) in [7, 11) is 1.75. The van der Waals surface area contributed by atoms with Crippen molar-refractivity contribution < 1.29 is 14.0 Å². The molecule has 0 aromatic carbocycles. The molecule has 2 rings (SSSR count). The number of rotatable bonds is 8. The second-order valence-electron chi connectivity index (χ2n) is 5.20. The molecule has 7 nitrogen and oxygen atoms in total. The van der Waals surface area contributed by atoms with Crippen LogP contribution in [0.4, 0.5) is 0 Å². The summed E-state index contributed by atoms with van der Waals surface area (Å²) in [5.74, 6) is 1.56. The molecule has 124 valence electrons. The van der Waals surface area contributed by atoms with Gasteiger partial charge in [0, 0.05) is 32.9 Å². The first kappa shape index (κ1) is 16.8. The minimum absolute atomic E-state index is 0.275. The van der Waals surface area contributed by atoms with Gasteiger partial charge in [-0.1, -0.05) is 12.1 Å². The number of aryl methyl sites for hydroxylation is 1. The molecule has 0 radical (unpaired) electrons. The number of nitrogens with one attached hydrogen (secondary N) is 2. The molecule has 1 aromatic rings. The molecule has 1 saturated heterocycles. The largest absolute Gasteiger partial charge is 0.379 e. The molecule has 1 aliphatic rings. The summed E-state index contributed by atoms with van der Waals surface area (Å²) in [5.41, 5.74) is 0.966. The van der Waals surface area contributed by atoms with Crippen LogP contribution in [0.2, 0.25) is 0 Å². The molecule has 1 aliphatic heterocycles. The van der Waals surface area contributed by atoms with Crippen molar-refractivity contribution in [2.45, 2.75) is 38.8 Å². The maximum absolute atomic E-state index is 5.71. The number of guanidine groups is 1. The zero-order chi connectivity index (χ0) is 15.6. The summed E-state index contributed by atoms with van der Waals surface area (Å²) in [5, 5.41) is 10.4. The third-order valence-electron chi connectivity index (χ3n) is 3.48. The van der Waals surface area contributed by atoms with Crippen LogP contribution in [-0.4, -0.2) is 50.6 Å². The minimum Gasteiger partial charge on any atom is -0.379 e. The topological polar surface area (TPSA) is 80.9 Å². The van der Waals surface area contributed by atoms with E-state index < -0.39 is 0 Å². The van der Waals surface area contributed by atoms with Crippen LogP contribution < -0.4 is 10.6 Å². The van der Waals surface area contributed by atoms with E-state index in [1.807, 2.05) is 6.07 Å². The van der Waals surface area contributed by atoms with E-state index in [9.17, 15) is 0 Å². The molecule has 0 aliphatic carbocycles. The van der Waals surface area contributed by atoms with Gasteiger partial charge in [0.15, 0.2) is 11.7 Å². The Hall–Kier alpha value is -1.60. The van der Waals surface area contributed by atoms with Crippen LogP contribution in [0.5, 0.6) is 0 Å². The molecule has 1 atom stereocenters. The Labute approximate surface area is 131 Å². The van der Waals surface area contributed by atoms with Crippen molar-refractivity contribution >= 4 is 5.96 Å². The van der Waals surface area contributed by atoms with Crippen molar-refractivity contribution in [3.8, 4) is 0 Å². The van der Waals surface area contributed by atoms with Crippen molar-refractivity contribution in [3.05, 3.63) is 17.5 Å². The summed E-state index contributed by atoms with van der Waals surface area (Å²) < 4.78 is 16.2. The molecule has 22 heavy (non-hydrogen) atoms. The van der Waals surface area contributed by atoms with Crippen LogP contribution in [0.1, 0.15) is 31.2 Å². The van der Waals surface area contributed by atoms with Crippen molar-refractivity contribution in [2.75, 3.05) is 33.4 Å².